The maximum Gasteiger partial charge on any atom is 0.111 e. The number of hydrogen-bond acceptors (Lipinski definition) is 2. The van der Waals surface area contributed by atoms with Crippen molar-refractivity contribution in [3.63, 3.8) is 0 Å². The summed E-state index contributed by atoms with van der Waals surface area (Å²) in [7, 11) is 0. The number of nitrogens with zero attached hydrogens (tertiary/aromatic N) is 3. The summed E-state index contributed by atoms with van der Waals surface area (Å²) in [6.07, 6.45) is 1.97. The Bertz CT molecular complexity index is 713. The fourth-order valence-electron chi connectivity index (χ4n) is 2.10. The van der Waals surface area contributed by atoms with Crippen LogP contribution in [0.4, 0.5) is 0 Å². The van der Waals surface area contributed by atoms with Gasteiger partial charge in [0.15, 0.2) is 0 Å². The largest absolute Gasteiger partial charge is 0.251 e. The molecule has 3 nitrogen and oxygen atoms in total. The Hall–Kier alpha value is -2.42. The molecule has 0 fully saturated rings. The van der Waals surface area contributed by atoms with Crippen molar-refractivity contribution in [3.05, 3.63) is 66.0 Å². The summed E-state index contributed by atoms with van der Waals surface area (Å²) >= 11 is 0. The van der Waals surface area contributed by atoms with Crippen LogP contribution in [0.5, 0.6) is 0 Å². The number of para-hydroxylation sites is 1. The minimum atomic E-state index is 0.895. The van der Waals surface area contributed by atoms with Gasteiger partial charge in [0.1, 0.15) is 5.69 Å². The van der Waals surface area contributed by atoms with Crippen molar-refractivity contribution in [2.75, 3.05) is 0 Å². The first-order chi connectivity index (χ1) is 9.24. The van der Waals surface area contributed by atoms with E-state index in [1.807, 2.05) is 54.2 Å². The first-order valence-corrected chi connectivity index (χ1v) is 6.30. The maximum absolute atomic E-state index is 4.61. The van der Waals surface area contributed by atoms with E-state index in [-0.39, 0.29) is 0 Å². The van der Waals surface area contributed by atoms with Crippen LogP contribution in [-0.4, -0.2) is 14.8 Å². The van der Waals surface area contributed by atoms with Crippen molar-refractivity contribution < 1.29 is 0 Å². The molecule has 0 spiro atoms. The molecule has 0 N–H and O–H groups in total. The first kappa shape index (κ1) is 11.7. The second-order valence-electron chi connectivity index (χ2n) is 4.60. The molecule has 0 radical (unpaired) electrons. The van der Waals surface area contributed by atoms with E-state index in [9.17, 15) is 0 Å². The summed E-state index contributed by atoms with van der Waals surface area (Å²) in [5, 5.41) is 4.61. The van der Waals surface area contributed by atoms with Crippen LogP contribution in [-0.2, 0) is 0 Å². The number of aryl methyl sites for hydroxylation is 2. The van der Waals surface area contributed by atoms with Gasteiger partial charge in [0.05, 0.1) is 11.4 Å². The molecule has 2 heterocycles. The summed E-state index contributed by atoms with van der Waals surface area (Å²) in [6, 6.07) is 16.2. The van der Waals surface area contributed by atoms with E-state index in [4.69, 9.17) is 0 Å². The van der Waals surface area contributed by atoms with Gasteiger partial charge in [0.25, 0.3) is 0 Å². The third kappa shape index (κ3) is 2.27. The monoisotopic (exact) mass is 249 g/mol. The van der Waals surface area contributed by atoms with Crippen molar-refractivity contribution in [1.29, 1.82) is 0 Å². The third-order valence-electron chi connectivity index (χ3n) is 3.10. The molecule has 94 valence electrons. The molecular weight excluding hydrogens is 234 g/mol. The number of rotatable bonds is 2. The Labute approximate surface area is 112 Å². The summed E-state index contributed by atoms with van der Waals surface area (Å²) in [6.45, 7) is 4.07. The van der Waals surface area contributed by atoms with Gasteiger partial charge in [0.2, 0.25) is 0 Å². The van der Waals surface area contributed by atoms with Crippen LogP contribution in [0.1, 0.15) is 11.3 Å². The molecule has 19 heavy (non-hydrogen) atoms. The van der Waals surface area contributed by atoms with E-state index in [0.29, 0.717) is 0 Å². The third-order valence-corrected chi connectivity index (χ3v) is 3.10. The highest BCUT2D eigenvalue weighted by Gasteiger charge is 2.06. The molecule has 0 saturated heterocycles. The molecule has 3 aromatic rings. The van der Waals surface area contributed by atoms with Crippen molar-refractivity contribution in [2.45, 2.75) is 13.8 Å². The van der Waals surface area contributed by atoms with Crippen molar-refractivity contribution >= 4 is 0 Å². The maximum atomic E-state index is 4.61. The number of aromatic nitrogens is 3. The quantitative estimate of drug-likeness (QED) is 0.695. The van der Waals surface area contributed by atoms with Crippen LogP contribution in [0.2, 0.25) is 0 Å². The average Bonchev–Trinajstić information content (AvgIpc) is 2.89. The molecule has 0 aliphatic carbocycles. The Morgan fingerprint density at radius 2 is 1.68 bits per heavy atom. The fraction of sp³-hybridized carbons (Fsp3) is 0.125. The highest BCUT2D eigenvalue weighted by molar-refractivity contribution is 5.54. The van der Waals surface area contributed by atoms with E-state index in [1.54, 1.807) is 0 Å². The van der Waals surface area contributed by atoms with Crippen molar-refractivity contribution in [1.82, 2.24) is 14.8 Å². The standard InChI is InChI=1S/C16H15N3/c1-12-6-3-4-9-16(12)19-11-10-15(18-19)14-8-5-7-13(2)17-14/h3-11H,1-2H3. The molecule has 0 amide bonds. The van der Waals surface area contributed by atoms with Crippen molar-refractivity contribution in [2.24, 2.45) is 0 Å². The van der Waals surface area contributed by atoms with Crippen LogP contribution in [0.25, 0.3) is 17.1 Å². The van der Waals surface area contributed by atoms with Crippen LogP contribution in [0.3, 0.4) is 0 Å². The molecule has 0 bridgehead atoms. The SMILES string of the molecule is Cc1cccc(-c2ccn(-c3ccccc3C)n2)n1. The summed E-state index contributed by atoms with van der Waals surface area (Å²) < 4.78 is 1.90. The normalized spacial score (nSPS) is 10.6. The van der Waals surface area contributed by atoms with Gasteiger partial charge in [-0.25, -0.2) is 4.68 Å². The van der Waals surface area contributed by atoms with Gasteiger partial charge in [-0.1, -0.05) is 24.3 Å². The lowest BCUT2D eigenvalue weighted by atomic mass is 10.2. The van der Waals surface area contributed by atoms with Gasteiger partial charge in [-0.05, 0) is 43.7 Å². The zero-order valence-corrected chi connectivity index (χ0v) is 11.0. The highest BCUT2D eigenvalue weighted by Crippen LogP contribution is 2.18. The number of benzene rings is 1. The summed E-state index contributed by atoms with van der Waals surface area (Å²) in [4.78, 5) is 4.50. The van der Waals surface area contributed by atoms with Crippen molar-refractivity contribution in [3.8, 4) is 17.1 Å². The molecule has 0 unspecified atom stereocenters. The van der Waals surface area contributed by atoms with Crippen LogP contribution < -0.4 is 0 Å². The van der Waals surface area contributed by atoms with Gasteiger partial charge < -0.3 is 0 Å². The highest BCUT2D eigenvalue weighted by atomic mass is 15.3. The zero-order valence-electron chi connectivity index (χ0n) is 11.0. The smallest absolute Gasteiger partial charge is 0.111 e. The summed E-state index contributed by atoms with van der Waals surface area (Å²) in [5.41, 5.74) is 5.11. The zero-order chi connectivity index (χ0) is 13.2. The van der Waals surface area contributed by atoms with E-state index in [2.05, 4.69) is 29.1 Å². The lowest BCUT2D eigenvalue weighted by Crippen LogP contribution is -1.97. The molecule has 2 aromatic heterocycles. The van der Waals surface area contributed by atoms with Gasteiger partial charge >= 0.3 is 0 Å². The Morgan fingerprint density at radius 3 is 2.47 bits per heavy atom. The predicted octanol–water partition coefficient (Wildman–Crippen LogP) is 3.55. The minimum Gasteiger partial charge on any atom is -0.251 e. The van der Waals surface area contributed by atoms with Crippen LogP contribution in [0.15, 0.2) is 54.7 Å². The second kappa shape index (κ2) is 4.69. The molecule has 1 aromatic carbocycles. The molecule has 0 atom stereocenters. The molecule has 0 aliphatic heterocycles. The minimum absolute atomic E-state index is 0.895. The van der Waals surface area contributed by atoms with Gasteiger partial charge in [-0.3, -0.25) is 4.98 Å². The lowest BCUT2D eigenvalue weighted by Gasteiger charge is -2.04. The van der Waals surface area contributed by atoms with Gasteiger partial charge in [-0.2, -0.15) is 5.10 Å². The predicted molar refractivity (Wildman–Crippen MR) is 76.3 cm³/mol. The first-order valence-electron chi connectivity index (χ1n) is 6.30. The summed E-state index contributed by atoms with van der Waals surface area (Å²) in [5.74, 6) is 0. The molecule has 0 saturated carbocycles. The van der Waals surface area contributed by atoms with Gasteiger partial charge in [-0.15, -0.1) is 0 Å². The molecule has 0 aliphatic rings. The molecule has 3 rings (SSSR count). The van der Waals surface area contributed by atoms with E-state index in [1.165, 1.54) is 5.56 Å². The molecular formula is C16H15N3. The Kier molecular flexibility index (Phi) is 2.88. The van der Waals surface area contributed by atoms with E-state index >= 15 is 0 Å². The lowest BCUT2D eigenvalue weighted by molar-refractivity contribution is 0.874. The van der Waals surface area contributed by atoms with E-state index in [0.717, 1.165) is 22.8 Å². The Balaban J connectivity index is 2.03. The van der Waals surface area contributed by atoms with Gasteiger partial charge in [0, 0.05) is 11.9 Å². The number of pyridine rings is 1. The average molecular weight is 249 g/mol. The van der Waals surface area contributed by atoms with Crippen LogP contribution in [0, 0.1) is 13.8 Å². The number of hydrogen-bond donors (Lipinski definition) is 0. The van der Waals surface area contributed by atoms with Crippen LogP contribution >= 0.6 is 0 Å². The second-order valence-corrected chi connectivity index (χ2v) is 4.60. The topological polar surface area (TPSA) is 30.7 Å². The Morgan fingerprint density at radius 1 is 0.842 bits per heavy atom. The molecule has 3 heteroatoms. The fourth-order valence-corrected chi connectivity index (χ4v) is 2.10. The van der Waals surface area contributed by atoms with E-state index < -0.39 is 0 Å².